The molecule has 0 heterocycles. The third-order valence-electron chi connectivity index (χ3n) is 1.45. The van der Waals surface area contributed by atoms with E-state index in [0.717, 1.165) is 6.92 Å². The van der Waals surface area contributed by atoms with Crippen LogP contribution in [-0.2, 0) is 4.79 Å². The molecule has 82 valence electrons. The number of rotatable bonds is 3. The van der Waals surface area contributed by atoms with Crippen molar-refractivity contribution in [2.24, 2.45) is 0 Å². The molecule has 0 amide bonds. The quantitative estimate of drug-likeness (QED) is 0.584. The van der Waals surface area contributed by atoms with Gasteiger partial charge in [-0.05, 0) is 6.92 Å². The lowest BCUT2D eigenvalue weighted by Gasteiger charge is -2.19. The molecule has 0 aliphatic carbocycles. The predicted molar refractivity (Wildman–Crippen MR) is 37.0 cm³/mol. The van der Waals surface area contributed by atoms with Gasteiger partial charge in [0, 0.05) is 5.57 Å². The van der Waals surface area contributed by atoms with Crippen molar-refractivity contribution in [3.05, 3.63) is 11.6 Å². The van der Waals surface area contributed by atoms with Gasteiger partial charge in [-0.2, -0.15) is 22.0 Å². The van der Waals surface area contributed by atoms with Crippen LogP contribution in [0.15, 0.2) is 11.6 Å². The number of carbonyl (C=O) groups is 1. The van der Waals surface area contributed by atoms with Crippen LogP contribution in [0.2, 0.25) is 0 Å². The zero-order chi connectivity index (χ0) is 11.6. The summed E-state index contributed by atoms with van der Waals surface area (Å²) in [5.41, 5.74) is -0.965. The molecule has 0 saturated heterocycles. The zero-order valence-corrected chi connectivity index (χ0v) is 7.03. The molecular weight excluding hydrogens is 211 g/mol. The Labute approximate surface area is 76.0 Å². The van der Waals surface area contributed by atoms with Gasteiger partial charge in [0.2, 0.25) is 0 Å². The maximum Gasteiger partial charge on any atom is 0.453 e. The van der Waals surface area contributed by atoms with Crippen LogP contribution in [0.25, 0.3) is 0 Å². The fourth-order valence-corrected chi connectivity index (χ4v) is 0.641. The van der Waals surface area contributed by atoms with Gasteiger partial charge >= 0.3 is 18.1 Å². The highest BCUT2D eigenvalue weighted by molar-refractivity contribution is 5.86. The molecule has 0 aromatic heterocycles. The van der Waals surface area contributed by atoms with Crippen molar-refractivity contribution in [3.63, 3.8) is 0 Å². The molecular formula is C7H7F5O2. The lowest BCUT2D eigenvalue weighted by molar-refractivity contribution is -0.281. The Morgan fingerprint density at radius 3 is 1.93 bits per heavy atom. The number of alkyl halides is 5. The molecule has 0 aromatic carbocycles. The monoisotopic (exact) mass is 218 g/mol. The maximum atomic E-state index is 12.3. The van der Waals surface area contributed by atoms with E-state index in [4.69, 9.17) is 5.11 Å². The number of carboxylic acids is 1. The smallest absolute Gasteiger partial charge is 0.453 e. The number of aliphatic carboxylic acids is 1. The standard InChI is InChI=1S/C7H7F5O2/c1-2-4(5(13)14)3-6(8,9)7(10,11)12/h2H,3H2,1H3,(H,13,14). The van der Waals surface area contributed by atoms with Crippen LogP contribution >= 0.6 is 0 Å². The number of hydrogen-bond donors (Lipinski definition) is 1. The summed E-state index contributed by atoms with van der Waals surface area (Å²) in [6.45, 7) is 1.08. The van der Waals surface area contributed by atoms with Crippen LogP contribution in [0.5, 0.6) is 0 Å². The summed E-state index contributed by atoms with van der Waals surface area (Å²) >= 11 is 0. The van der Waals surface area contributed by atoms with Gasteiger partial charge in [-0.3, -0.25) is 0 Å². The fraction of sp³-hybridized carbons (Fsp3) is 0.571. The summed E-state index contributed by atoms with van der Waals surface area (Å²) < 4.78 is 59.5. The minimum atomic E-state index is -5.73. The van der Waals surface area contributed by atoms with Gasteiger partial charge in [0.05, 0.1) is 6.42 Å². The van der Waals surface area contributed by atoms with Crippen molar-refractivity contribution in [3.8, 4) is 0 Å². The summed E-state index contributed by atoms with van der Waals surface area (Å²) in [6, 6.07) is 0. The molecule has 14 heavy (non-hydrogen) atoms. The summed E-state index contributed by atoms with van der Waals surface area (Å²) in [7, 11) is 0. The normalized spacial score (nSPS) is 14.3. The van der Waals surface area contributed by atoms with Gasteiger partial charge in [-0.15, -0.1) is 0 Å². The molecule has 0 saturated carbocycles. The maximum absolute atomic E-state index is 12.3. The van der Waals surface area contributed by atoms with Crippen LogP contribution in [0.4, 0.5) is 22.0 Å². The molecule has 0 unspecified atom stereocenters. The van der Waals surface area contributed by atoms with Gasteiger partial charge in [0.15, 0.2) is 0 Å². The van der Waals surface area contributed by atoms with E-state index in [9.17, 15) is 26.7 Å². The Morgan fingerprint density at radius 2 is 1.71 bits per heavy atom. The van der Waals surface area contributed by atoms with E-state index in [2.05, 4.69) is 0 Å². The van der Waals surface area contributed by atoms with Gasteiger partial charge in [-0.1, -0.05) is 6.08 Å². The van der Waals surface area contributed by atoms with E-state index in [1.165, 1.54) is 0 Å². The average Bonchev–Trinajstić information content (AvgIpc) is 1.97. The van der Waals surface area contributed by atoms with Crippen LogP contribution < -0.4 is 0 Å². The minimum absolute atomic E-state index is 0.710. The van der Waals surface area contributed by atoms with E-state index in [0.29, 0.717) is 6.08 Å². The SMILES string of the molecule is CC=C(CC(F)(F)C(F)(F)F)C(=O)O. The second-order valence-electron chi connectivity index (χ2n) is 2.50. The third kappa shape index (κ3) is 2.97. The largest absolute Gasteiger partial charge is 0.478 e. The predicted octanol–water partition coefficient (Wildman–Crippen LogP) is 2.61. The van der Waals surface area contributed by atoms with E-state index < -0.39 is 30.1 Å². The molecule has 0 rings (SSSR count). The first-order valence-electron chi connectivity index (χ1n) is 3.45. The number of allylic oxidation sites excluding steroid dienone is 1. The molecule has 7 heteroatoms. The molecule has 2 nitrogen and oxygen atoms in total. The zero-order valence-electron chi connectivity index (χ0n) is 7.03. The summed E-state index contributed by atoms with van der Waals surface area (Å²) in [6.07, 6.45) is -6.86. The fourth-order valence-electron chi connectivity index (χ4n) is 0.641. The third-order valence-corrected chi connectivity index (χ3v) is 1.45. The number of halogens is 5. The molecule has 0 aliphatic rings. The van der Waals surface area contributed by atoms with E-state index >= 15 is 0 Å². The molecule has 0 aromatic rings. The first-order chi connectivity index (χ1) is 6.12. The van der Waals surface area contributed by atoms with Gasteiger partial charge in [-0.25, -0.2) is 4.79 Å². The summed E-state index contributed by atoms with van der Waals surface area (Å²) in [5, 5.41) is 8.23. The first kappa shape index (κ1) is 12.9. The molecule has 0 fully saturated rings. The highest BCUT2D eigenvalue weighted by Gasteiger charge is 2.57. The lowest BCUT2D eigenvalue weighted by atomic mass is 10.1. The molecule has 0 radical (unpaired) electrons. The van der Waals surface area contributed by atoms with E-state index in [1.807, 2.05) is 0 Å². The highest BCUT2D eigenvalue weighted by atomic mass is 19.4. The van der Waals surface area contributed by atoms with Gasteiger partial charge in [0.25, 0.3) is 0 Å². The van der Waals surface area contributed by atoms with Crippen LogP contribution in [0.3, 0.4) is 0 Å². The Bertz CT molecular complexity index is 253. The second-order valence-corrected chi connectivity index (χ2v) is 2.50. The van der Waals surface area contributed by atoms with Crippen molar-refractivity contribution in [1.82, 2.24) is 0 Å². The Hall–Kier alpha value is -1.14. The Morgan fingerprint density at radius 1 is 1.29 bits per heavy atom. The van der Waals surface area contributed by atoms with Crippen molar-refractivity contribution in [2.75, 3.05) is 0 Å². The summed E-state index contributed by atoms with van der Waals surface area (Å²) in [5.74, 6) is -6.79. The molecule has 0 spiro atoms. The van der Waals surface area contributed by atoms with Crippen LogP contribution in [0.1, 0.15) is 13.3 Å². The van der Waals surface area contributed by atoms with E-state index in [-0.39, 0.29) is 0 Å². The lowest BCUT2D eigenvalue weighted by Crippen LogP contribution is -2.37. The number of carboxylic acid groups (broad SMARTS) is 1. The van der Waals surface area contributed by atoms with Crippen molar-refractivity contribution in [2.45, 2.75) is 25.4 Å². The van der Waals surface area contributed by atoms with Crippen LogP contribution in [0, 0.1) is 0 Å². The molecule has 1 N–H and O–H groups in total. The first-order valence-corrected chi connectivity index (χ1v) is 3.45. The van der Waals surface area contributed by atoms with Crippen molar-refractivity contribution in [1.29, 1.82) is 0 Å². The highest BCUT2D eigenvalue weighted by Crippen LogP contribution is 2.39. The van der Waals surface area contributed by atoms with Gasteiger partial charge in [0.1, 0.15) is 0 Å². The average molecular weight is 218 g/mol. The van der Waals surface area contributed by atoms with Crippen molar-refractivity contribution < 1.29 is 31.9 Å². The second kappa shape index (κ2) is 3.93. The Kier molecular flexibility index (Phi) is 3.61. The summed E-state index contributed by atoms with van der Waals surface area (Å²) in [4.78, 5) is 10.2. The molecule has 0 atom stereocenters. The minimum Gasteiger partial charge on any atom is -0.478 e. The Balaban J connectivity index is 4.75. The molecule has 0 aliphatic heterocycles. The van der Waals surface area contributed by atoms with Crippen LogP contribution in [-0.4, -0.2) is 23.2 Å². The van der Waals surface area contributed by atoms with Gasteiger partial charge < -0.3 is 5.11 Å². The topological polar surface area (TPSA) is 37.3 Å². The van der Waals surface area contributed by atoms with E-state index in [1.54, 1.807) is 0 Å². The number of hydrogen-bond acceptors (Lipinski definition) is 1. The molecule has 0 bridgehead atoms. The van der Waals surface area contributed by atoms with Crippen molar-refractivity contribution >= 4 is 5.97 Å².